The zero-order chi connectivity index (χ0) is 15.1. The van der Waals surface area contributed by atoms with Gasteiger partial charge in [-0.15, -0.1) is 24.8 Å². The second kappa shape index (κ2) is 11.1. The number of hydrogen-bond donors (Lipinski definition) is 2. The van der Waals surface area contributed by atoms with Crippen molar-refractivity contribution in [3.63, 3.8) is 0 Å². The molecule has 8 heteroatoms. The highest BCUT2D eigenvalue weighted by atomic mass is 35.5. The Balaban J connectivity index is 0.00000242. The molecule has 0 bridgehead atoms. The predicted octanol–water partition coefficient (Wildman–Crippen LogP) is 2.73. The van der Waals surface area contributed by atoms with E-state index in [9.17, 15) is 4.79 Å². The van der Waals surface area contributed by atoms with Gasteiger partial charge >= 0.3 is 0 Å². The van der Waals surface area contributed by atoms with Crippen LogP contribution in [0, 0.1) is 0 Å². The van der Waals surface area contributed by atoms with E-state index in [0.717, 1.165) is 11.1 Å². The Kier molecular flexibility index (Phi) is 10.3. The van der Waals surface area contributed by atoms with Crippen LogP contribution >= 0.6 is 36.4 Å². The molecule has 1 aromatic carbocycles. The predicted molar refractivity (Wildman–Crippen MR) is 95.4 cm³/mol. The van der Waals surface area contributed by atoms with Gasteiger partial charge < -0.3 is 15.8 Å². The molecule has 0 aliphatic rings. The minimum atomic E-state index is -0.515. The Labute approximate surface area is 152 Å². The van der Waals surface area contributed by atoms with Crippen molar-refractivity contribution in [2.75, 3.05) is 6.61 Å². The fourth-order valence-electron chi connectivity index (χ4n) is 1.82. The van der Waals surface area contributed by atoms with Crippen LogP contribution in [0.25, 0.3) is 0 Å². The van der Waals surface area contributed by atoms with Crippen LogP contribution < -0.4 is 15.8 Å². The Morgan fingerprint density at radius 1 is 1.26 bits per heavy atom. The molecule has 0 saturated carbocycles. The summed E-state index contributed by atoms with van der Waals surface area (Å²) in [5, 5.41) is 3.89. The van der Waals surface area contributed by atoms with Gasteiger partial charge in [0.15, 0.2) is 6.61 Å². The minimum Gasteiger partial charge on any atom is -0.483 e. The lowest BCUT2D eigenvalue weighted by molar-refractivity contribution is -0.119. The van der Waals surface area contributed by atoms with Gasteiger partial charge in [-0.25, -0.2) is 0 Å². The van der Waals surface area contributed by atoms with E-state index in [1.165, 1.54) is 0 Å². The number of primary amides is 1. The highest BCUT2D eigenvalue weighted by molar-refractivity contribution is 6.30. The van der Waals surface area contributed by atoms with Gasteiger partial charge in [0.2, 0.25) is 0 Å². The number of carbonyl (C=O) groups excluding carboxylic acids is 1. The fraction of sp³-hybridized carbons (Fsp3) is 0.200. The van der Waals surface area contributed by atoms with Crippen molar-refractivity contribution in [1.29, 1.82) is 0 Å². The van der Waals surface area contributed by atoms with Crippen molar-refractivity contribution in [3.8, 4) is 5.75 Å². The van der Waals surface area contributed by atoms with Crippen LogP contribution in [0.1, 0.15) is 11.1 Å². The SMILES string of the molecule is Cl.Cl.NC(=O)COc1ccc(Cl)cc1CNCc1cccnc1. The third-order valence-electron chi connectivity index (χ3n) is 2.76. The molecule has 0 saturated heterocycles. The summed E-state index contributed by atoms with van der Waals surface area (Å²) in [4.78, 5) is 14.9. The summed E-state index contributed by atoms with van der Waals surface area (Å²) >= 11 is 5.99. The van der Waals surface area contributed by atoms with Crippen molar-refractivity contribution in [2.45, 2.75) is 13.1 Å². The monoisotopic (exact) mass is 377 g/mol. The van der Waals surface area contributed by atoms with Gasteiger partial charge in [-0.1, -0.05) is 17.7 Å². The van der Waals surface area contributed by atoms with E-state index in [4.69, 9.17) is 22.1 Å². The fourth-order valence-corrected chi connectivity index (χ4v) is 2.01. The van der Waals surface area contributed by atoms with Crippen molar-refractivity contribution >= 4 is 42.3 Å². The molecule has 0 aliphatic heterocycles. The highest BCUT2D eigenvalue weighted by Gasteiger charge is 2.06. The third-order valence-corrected chi connectivity index (χ3v) is 2.99. The normalized spacial score (nSPS) is 9.43. The number of ether oxygens (including phenoxy) is 1. The first-order valence-corrected chi connectivity index (χ1v) is 6.82. The first-order valence-electron chi connectivity index (χ1n) is 6.44. The molecule has 126 valence electrons. The number of nitrogens with two attached hydrogens (primary N) is 1. The molecule has 0 fully saturated rings. The Bertz CT molecular complexity index is 612. The highest BCUT2D eigenvalue weighted by Crippen LogP contribution is 2.23. The second-order valence-electron chi connectivity index (χ2n) is 4.47. The molecule has 0 unspecified atom stereocenters. The quantitative estimate of drug-likeness (QED) is 0.776. The van der Waals surface area contributed by atoms with Crippen LogP contribution in [0.5, 0.6) is 5.75 Å². The number of benzene rings is 1. The van der Waals surface area contributed by atoms with E-state index in [1.54, 1.807) is 30.6 Å². The van der Waals surface area contributed by atoms with Crippen LogP contribution in [0.3, 0.4) is 0 Å². The van der Waals surface area contributed by atoms with Gasteiger partial charge in [-0.3, -0.25) is 9.78 Å². The maximum atomic E-state index is 10.8. The molecule has 0 radical (unpaired) electrons. The van der Waals surface area contributed by atoms with E-state index in [0.29, 0.717) is 23.9 Å². The summed E-state index contributed by atoms with van der Waals surface area (Å²) in [5.41, 5.74) is 7.03. The number of hydrogen-bond acceptors (Lipinski definition) is 4. The van der Waals surface area contributed by atoms with Crippen LogP contribution in [0.15, 0.2) is 42.7 Å². The van der Waals surface area contributed by atoms with Gasteiger partial charge in [0, 0.05) is 36.1 Å². The summed E-state index contributed by atoms with van der Waals surface area (Å²) in [6.07, 6.45) is 3.53. The lowest BCUT2D eigenvalue weighted by Gasteiger charge is -2.12. The molecule has 2 aromatic rings. The molecule has 1 amide bonds. The van der Waals surface area contributed by atoms with Crippen molar-refractivity contribution in [2.24, 2.45) is 5.73 Å². The van der Waals surface area contributed by atoms with Gasteiger partial charge in [0.1, 0.15) is 5.75 Å². The van der Waals surface area contributed by atoms with Crippen molar-refractivity contribution in [3.05, 3.63) is 58.9 Å². The molecule has 3 N–H and O–H groups in total. The van der Waals surface area contributed by atoms with Crippen molar-refractivity contribution < 1.29 is 9.53 Å². The second-order valence-corrected chi connectivity index (χ2v) is 4.91. The van der Waals surface area contributed by atoms with Crippen LogP contribution in [-0.4, -0.2) is 17.5 Å². The molecule has 0 aliphatic carbocycles. The zero-order valence-electron chi connectivity index (χ0n) is 12.2. The molecule has 0 atom stereocenters. The number of halogens is 3. The van der Waals surface area contributed by atoms with Gasteiger partial charge in [-0.2, -0.15) is 0 Å². The minimum absolute atomic E-state index is 0. The van der Waals surface area contributed by atoms with Gasteiger partial charge in [0.25, 0.3) is 5.91 Å². The Hall–Kier alpha value is -1.53. The topological polar surface area (TPSA) is 77.2 Å². The van der Waals surface area contributed by atoms with E-state index >= 15 is 0 Å². The van der Waals surface area contributed by atoms with Crippen LogP contribution in [-0.2, 0) is 17.9 Å². The van der Waals surface area contributed by atoms with Gasteiger partial charge in [-0.05, 0) is 29.8 Å². The van der Waals surface area contributed by atoms with Gasteiger partial charge in [0.05, 0.1) is 0 Å². The molecular weight excluding hydrogens is 361 g/mol. The number of nitrogens with one attached hydrogen (secondary N) is 1. The lowest BCUT2D eigenvalue weighted by Crippen LogP contribution is -2.21. The zero-order valence-corrected chi connectivity index (χ0v) is 14.6. The number of aromatic nitrogens is 1. The third kappa shape index (κ3) is 7.52. The number of rotatable bonds is 7. The maximum Gasteiger partial charge on any atom is 0.255 e. The van der Waals surface area contributed by atoms with Crippen LogP contribution in [0.4, 0.5) is 0 Å². The standard InChI is InChI=1S/C15H16ClN3O2.2ClH/c16-13-3-4-14(21-10-15(17)20)12(6-13)9-19-8-11-2-1-5-18-7-11;;/h1-7,19H,8-10H2,(H2,17,20);2*1H. The lowest BCUT2D eigenvalue weighted by atomic mass is 10.2. The summed E-state index contributed by atoms with van der Waals surface area (Å²) in [6.45, 7) is 1.08. The van der Waals surface area contributed by atoms with Crippen LogP contribution in [0.2, 0.25) is 5.02 Å². The summed E-state index contributed by atoms with van der Waals surface area (Å²) in [5.74, 6) is 0.0797. The maximum absolute atomic E-state index is 10.8. The first kappa shape index (κ1) is 21.5. The summed E-state index contributed by atoms with van der Waals surface area (Å²) < 4.78 is 5.37. The largest absolute Gasteiger partial charge is 0.483 e. The van der Waals surface area contributed by atoms with E-state index in [-0.39, 0.29) is 31.4 Å². The average molecular weight is 379 g/mol. The van der Waals surface area contributed by atoms with Crippen molar-refractivity contribution in [1.82, 2.24) is 10.3 Å². The Morgan fingerprint density at radius 3 is 2.70 bits per heavy atom. The average Bonchev–Trinajstić information content (AvgIpc) is 2.47. The van der Waals surface area contributed by atoms with E-state index in [2.05, 4.69) is 10.3 Å². The molecule has 23 heavy (non-hydrogen) atoms. The number of carbonyl (C=O) groups is 1. The molecule has 0 spiro atoms. The summed E-state index contributed by atoms with van der Waals surface area (Å²) in [7, 11) is 0. The molecule has 1 aromatic heterocycles. The molecule has 1 heterocycles. The number of pyridine rings is 1. The molecule has 5 nitrogen and oxygen atoms in total. The molecule has 2 rings (SSSR count). The Morgan fingerprint density at radius 2 is 2.04 bits per heavy atom. The summed E-state index contributed by atoms with van der Waals surface area (Å²) in [6, 6.07) is 9.11. The van der Waals surface area contributed by atoms with E-state index < -0.39 is 5.91 Å². The number of nitrogens with zero attached hydrogens (tertiary/aromatic N) is 1. The van der Waals surface area contributed by atoms with E-state index in [1.807, 2.05) is 12.1 Å². The smallest absolute Gasteiger partial charge is 0.255 e. The number of amides is 1. The first-order chi connectivity index (χ1) is 10.1. The molecular formula is C15H18Cl3N3O2.